The summed E-state index contributed by atoms with van der Waals surface area (Å²) in [5.74, 6) is -1.39. The quantitative estimate of drug-likeness (QED) is 0.0822. The van der Waals surface area contributed by atoms with Gasteiger partial charge in [-0.25, -0.2) is 4.57 Å². The number of carboxylic acids is 1. The first kappa shape index (κ1) is 31.4. The number of carbonyl (C=O) groups is 1. The predicted octanol–water partition coefficient (Wildman–Crippen LogP) is 3.32. The van der Waals surface area contributed by atoms with E-state index in [1.807, 2.05) is 0 Å². The molecule has 4 atom stereocenters. The van der Waals surface area contributed by atoms with Crippen molar-refractivity contribution in [2.45, 2.75) is 109 Å². The van der Waals surface area contributed by atoms with E-state index in [2.05, 4.69) is 16.0 Å². The number of aliphatic hydroxyl groups excluding tert-OH is 2. The number of ether oxygens (including phenoxy) is 1. The van der Waals surface area contributed by atoms with E-state index in [0.29, 0.717) is 6.42 Å². The largest absolute Gasteiger partial charge is 0.480 e. The topological polar surface area (TPSA) is 169 Å². The monoisotopic (exact) mass is 485 g/mol. The number of carboxylic acid groups (broad SMARTS) is 1. The second-order valence-corrected chi connectivity index (χ2v) is 9.58. The summed E-state index contributed by atoms with van der Waals surface area (Å²) in [5, 5.41) is 28.1. The third-order valence-corrected chi connectivity index (χ3v) is 5.90. The Kier molecular flexibility index (Phi) is 19.5. The normalized spacial score (nSPS) is 16.4. The number of phosphoric ester groups is 1. The van der Waals surface area contributed by atoms with Crippen molar-refractivity contribution < 1.29 is 43.4 Å². The highest BCUT2D eigenvalue weighted by molar-refractivity contribution is 7.47. The summed E-state index contributed by atoms with van der Waals surface area (Å²) in [4.78, 5) is 19.9. The summed E-state index contributed by atoms with van der Waals surface area (Å²) in [6.07, 6.45) is 12.8. The summed E-state index contributed by atoms with van der Waals surface area (Å²) < 4.78 is 25.7. The Bertz CT molecular complexity index is 510. The van der Waals surface area contributed by atoms with Gasteiger partial charge in [-0.3, -0.25) is 13.8 Å². The highest BCUT2D eigenvalue weighted by atomic mass is 31.2. The maximum Gasteiger partial charge on any atom is 0.472 e. The molecule has 0 bridgehead atoms. The summed E-state index contributed by atoms with van der Waals surface area (Å²) in [7, 11) is -4.55. The maximum atomic E-state index is 11.6. The Morgan fingerprint density at radius 2 is 1.31 bits per heavy atom. The van der Waals surface area contributed by atoms with Crippen LogP contribution in [-0.2, 0) is 23.1 Å². The van der Waals surface area contributed by atoms with Gasteiger partial charge in [0.15, 0.2) is 6.29 Å². The number of hydrogen-bond donors (Lipinski definition) is 5. The van der Waals surface area contributed by atoms with Crippen LogP contribution in [0.3, 0.4) is 0 Å². The molecule has 10 nitrogen and oxygen atoms in total. The molecule has 32 heavy (non-hydrogen) atoms. The number of phosphoric acid groups is 1. The zero-order chi connectivity index (χ0) is 24.2. The fourth-order valence-corrected chi connectivity index (χ4v) is 3.76. The molecule has 192 valence electrons. The third-order valence-electron chi connectivity index (χ3n) is 4.95. The van der Waals surface area contributed by atoms with Crippen LogP contribution >= 0.6 is 7.82 Å². The van der Waals surface area contributed by atoms with Crippen molar-refractivity contribution in [1.82, 2.24) is 0 Å². The van der Waals surface area contributed by atoms with E-state index >= 15 is 0 Å². The first-order chi connectivity index (χ1) is 15.2. The first-order valence-corrected chi connectivity index (χ1v) is 13.3. The Morgan fingerprint density at radius 1 is 0.844 bits per heavy atom. The Hall–Kier alpha value is -0.580. The van der Waals surface area contributed by atoms with Crippen molar-refractivity contribution in [2.24, 2.45) is 5.73 Å². The number of hydrogen-bond acceptors (Lipinski definition) is 8. The molecule has 0 aromatic rings. The Labute approximate surface area is 192 Å². The first-order valence-electron chi connectivity index (χ1n) is 11.8. The van der Waals surface area contributed by atoms with Gasteiger partial charge < -0.3 is 30.7 Å². The average molecular weight is 486 g/mol. The Morgan fingerprint density at radius 3 is 1.81 bits per heavy atom. The highest BCUT2D eigenvalue weighted by Gasteiger charge is 2.26. The molecule has 0 heterocycles. The molecule has 11 heteroatoms. The zero-order valence-corrected chi connectivity index (χ0v) is 20.3. The van der Waals surface area contributed by atoms with E-state index in [1.165, 1.54) is 57.8 Å². The summed E-state index contributed by atoms with van der Waals surface area (Å²) >= 11 is 0. The summed E-state index contributed by atoms with van der Waals surface area (Å²) in [5.41, 5.74) is 5.16. The van der Waals surface area contributed by atoms with Gasteiger partial charge >= 0.3 is 13.8 Å². The van der Waals surface area contributed by atoms with Crippen LogP contribution in [0.25, 0.3) is 0 Å². The third kappa shape index (κ3) is 20.1. The number of aliphatic carboxylic acids is 1. The van der Waals surface area contributed by atoms with Gasteiger partial charge in [-0.2, -0.15) is 0 Å². The summed E-state index contributed by atoms with van der Waals surface area (Å²) in [6.45, 7) is 0.647. The molecule has 0 spiro atoms. The minimum Gasteiger partial charge on any atom is -0.480 e. The second kappa shape index (κ2) is 19.9. The Balaban J connectivity index is 3.62. The maximum absolute atomic E-state index is 11.6. The molecule has 0 aromatic heterocycles. The van der Waals surface area contributed by atoms with E-state index in [4.69, 9.17) is 15.6 Å². The van der Waals surface area contributed by atoms with Crippen LogP contribution in [0.5, 0.6) is 0 Å². The molecule has 0 aliphatic rings. The fourth-order valence-electron chi connectivity index (χ4n) is 2.98. The van der Waals surface area contributed by atoms with Gasteiger partial charge in [0.05, 0.1) is 19.8 Å². The predicted molar refractivity (Wildman–Crippen MR) is 121 cm³/mol. The smallest absolute Gasteiger partial charge is 0.472 e. The van der Waals surface area contributed by atoms with Gasteiger partial charge in [0.1, 0.15) is 12.1 Å². The molecule has 0 amide bonds. The van der Waals surface area contributed by atoms with Crippen molar-refractivity contribution in [3.8, 4) is 0 Å². The van der Waals surface area contributed by atoms with E-state index in [0.717, 1.165) is 19.3 Å². The lowest BCUT2D eigenvalue weighted by Crippen LogP contribution is -2.34. The van der Waals surface area contributed by atoms with Crippen LogP contribution in [0.4, 0.5) is 0 Å². The van der Waals surface area contributed by atoms with Gasteiger partial charge in [0.25, 0.3) is 0 Å². The molecule has 0 rings (SSSR count). The van der Waals surface area contributed by atoms with E-state index < -0.39 is 45.4 Å². The van der Waals surface area contributed by atoms with Crippen molar-refractivity contribution >= 4 is 13.8 Å². The number of rotatable bonds is 23. The van der Waals surface area contributed by atoms with Gasteiger partial charge in [0, 0.05) is 0 Å². The fraction of sp³-hybridized carbons (Fsp3) is 0.952. The van der Waals surface area contributed by atoms with Crippen LogP contribution in [-0.4, -0.2) is 64.4 Å². The van der Waals surface area contributed by atoms with Crippen LogP contribution in [0.15, 0.2) is 0 Å². The van der Waals surface area contributed by atoms with Crippen molar-refractivity contribution in [3.05, 3.63) is 0 Å². The van der Waals surface area contributed by atoms with Crippen molar-refractivity contribution in [3.63, 3.8) is 0 Å². The molecule has 0 fully saturated rings. The lowest BCUT2D eigenvalue weighted by molar-refractivity contribution is -0.139. The van der Waals surface area contributed by atoms with Gasteiger partial charge in [-0.15, -0.1) is 0 Å². The van der Waals surface area contributed by atoms with Gasteiger partial charge in [-0.1, -0.05) is 77.6 Å². The SMILES string of the molecule is CCCCCCCCCCCCCC[C@H](O)OC[C@@H](O)COP(=O)(O)OC[C@H](N)C(=O)O. The molecule has 0 aliphatic heterocycles. The van der Waals surface area contributed by atoms with E-state index in [1.54, 1.807) is 0 Å². The van der Waals surface area contributed by atoms with Crippen LogP contribution < -0.4 is 5.73 Å². The lowest BCUT2D eigenvalue weighted by atomic mass is 10.0. The summed E-state index contributed by atoms with van der Waals surface area (Å²) in [6, 6.07) is -1.47. The number of unbranched alkanes of at least 4 members (excludes halogenated alkanes) is 11. The highest BCUT2D eigenvalue weighted by Crippen LogP contribution is 2.43. The molecule has 0 saturated carbocycles. The average Bonchev–Trinajstić information content (AvgIpc) is 2.75. The van der Waals surface area contributed by atoms with Crippen LogP contribution in [0, 0.1) is 0 Å². The molecule has 6 N–H and O–H groups in total. The van der Waals surface area contributed by atoms with Crippen LogP contribution in [0.2, 0.25) is 0 Å². The molecule has 0 saturated heterocycles. The lowest BCUT2D eigenvalue weighted by Gasteiger charge is -2.18. The zero-order valence-electron chi connectivity index (χ0n) is 19.4. The molecule has 0 aromatic carbocycles. The minimum absolute atomic E-state index is 0.284. The van der Waals surface area contributed by atoms with E-state index in [9.17, 15) is 24.5 Å². The molecular weight excluding hydrogens is 441 g/mol. The molecule has 1 unspecified atom stereocenters. The van der Waals surface area contributed by atoms with E-state index in [-0.39, 0.29) is 6.61 Å². The van der Waals surface area contributed by atoms with Crippen molar-refractivity contribution in [2.75, 3.05) is 19.8 Å². The van der Waals surface area contributed by atoms with Gasteiger partial charge in [-0.05, 0) is 12.8 Å². The minimum atomic E-state index is -4.55. The molecular formula is C21H44NO9P. The number of nitrogens with two attached hydrogens (primary N) is 1. The second-order valence-electron chi connectivity index (χ2n) is 8.12. The number of aliphatic hydroxyl groups is 2. The van der Waals surface area contributed by atoms with Crippen molar-refractivity contribution in [1.29, 1.82) is 0 Å². The van der Waals surface area contributed by atoms with Crippen LogP contribution in [0.1, 0.15) is 90.4 Å². The molecule has 0 radical (unpaired) electrons. The standard InChI is InChI=1S/C21H44NO9P/c1-2-3-4-5-6-7-8-9-10-11-12-13-14-20(24)29-15-18(23)16-30-32(27,28)31-17-19(22)21(25)26/h18-20,23-24H,2-17,22H2,1H3,(H,25,26)(H,27,28)/t18-,19+,20-/m1/s1. The van der Waals surface area contributed by atoms with Gasteiger partial charge in [0.2, 0.25) is 0 Å². The molecule has 0 aliphatic carbocycles.